The number of aromatic nitrogens is 1. The number of nitro groups is 1. The largest absolute Gasteiger partial charge is 0.353 e. The van der Waals surface area contributed by atoms with Crippen LogP contribution in [0.15, 0.2) is 12.3 Å². The summed E-state index contributed by atoms with van der Waals surface area (Å²) >= 11 is 0. The van der Waals surface area contributed by atoms with Crippen LogP contribution in [0.3, 0.4) is 0 Å². The molecule has 1 aromatic rings. The first-order chi connectivity index (χ1) is 8.13. The van der Waals surface area contributed by atoms with E-state index >= 15 is 0 Å². The molecular weight excluding hydrogens is 222 g/mol. The summed E-state index contributed by atoms with van der Waals surface area (Å²) in [5, 5.41) is 22.7. The van der Waals surface area contributed by atoms with Crippen LogP contribution in [0.1, 0.15) is 5.56 Å². The fraction of sp³-hybridized carbons (Fsp3) is 0.400. The van der Waals surface area contributed by atoms with Crippen molar-refractivity contribution in [2.45, 2.75) is 6.04 Å². The van der Waals surface area contributed by atoms with E-state index in [-0.39, 0.29) is 17.3 Å². The third-order valence-corrected chi connectivity index (χ3v) is 2.83. The van der Waals surface area contributed by atoms with Crippen LogP contribution in [0.2, 0.25) is 0 Å². The third-order valence-electron chi connectivity index (χ3n) is 2.83. The average molecular weight is 233 g/mol. The summed E-state index contributed by atoms with van der Waals surface area (Å²) in [7, 11) is 1.83. The summed E-state index contributed by atoms with van der Waals surface area (Å²) in [6.07, 6.45) is 1.18. The summed E-state index contributed by atoms with van der Waals surface area (Å²) in [6.45, 7) is 1.67. The Morgan fingerprint density at radius 2 is 2.41 bits per heavy atom. The Morgan fingerprint density at radius 1 is 1.71 bits per heavy atom. The Hall–Kier alpha value is -2.20. The molecule has 2 heterocycles. The SMILES string of the molecule is CN(c1ncc([N+](=O)[O-])cc1C#N)C1CNC1. The Labute approximate surface area is 97.8 Å². The molecule has 0 unspecified atom stereocenters. The van der Waals surface area contributed by atoms with Crippen molar-refractivity contribution >= 4 is 11.5 Å². The second-order valence-electron chi connectivity index (χ2n) is 3.86. The molecule has 0 aliphatic carbocycles. The first kappa shape index (κ1) is 11.3. The minimum atomic E-state index is -0.553. The Bertz CT molecular complexity index is 492. The lowest BCUT2D eigenvalue weighted by molar-refractivity contribution is -0.385. The van der Waals surface area contributed by atoms with E-state index in [4.69, 9.17) is 5.26 Å². The first-order valence-corrected chi connectivity index (χ1v) is 5.11. The predicted molar refractivity (Wildman–Crippen MR) is 60.7 cm³/mol. The van der Waals surface area contributed by atoms with E-state index in [9.17, 15) is 10.1 Å². The number of anilines is 1. The number of nitriles is 1. The highest BCUT2D eigenvalue weighted by Gasteiger charge is 2.25. The van der Waals surface area contributed by atoms with Gasteiger partial charge in [0.15, 0.2) is 0 Å². The van der Waals surface area contributed by atoms with Gasteiger partial charge in [0.2, 0.25) is 0 Å². The molecule has 0 amide bonds. The van der Waals surface area contributed by atoms with Gasteiger partial charge in [-0.3, -0.25) is 10.1 Å². The standard InChI is InChI=1S/C10H11N5O2/c1-14(9-4-12-5-9)10-7(3-11)2-8(6-13-10)15(16)17/h2,6,9,12H,4-5H2,1H3. The zero-order chi connectivity index (χ0) is 12.4. The Balaban J connectivity index is 2.34. The van der Waals surface area contributed by atoms with Crippen molar-refractivity contribution in [1.29, 1.82) is 5.26 Å². The topological polar surface area (TPSA) is 95.1 Å². The van der Waals surface area contributed by atoms with Crippen LogP contribution < -0.4 is 10.2 Å². The highest BCUT2D eigenvalue weighted by molar-refractivity contribution is 5.57. The molecule has 2 rings (SSSR count). The van der Waals surface area contributed by atoms with Crippen LogP contribution in [0, 0.1) is 21.4 Å². The van der Waals surface area contributed by atoms with E-state index in [2.05, 4.69) is 10.3 Å². The smallest absolute Gasteiger partial charge is 0.289 e. The highest BCUT2D eigenvalue weighted by Crippen LogP contribution is 2.23. The fourth-order valence-corrected chi connectivity index (χ4v) is 1.63. The molecule has 0 saturated carbocycles. The molecule has 7 nitrogen and oxygen atoms in total. The summed E-state index contributed by atoms with van der Waals surface area (Å²) in [5.41, 5.74) is 0.0686. The number of nitrogens with zero attached hydrogens (tertiary/aromatic N) is 4. The summed E-state index contributed by atoms with van der Waals surface area (Å²) in [5.74, 6) is 0.490. The summed E-state index contributed by atoms with van der Waals surface area (Å²) in [6, 6.07) is 3.49. The quantitative estimate of drug-likeness (QED) is 0.594. The van der Waals surface area contributed by atoms with Gasteiger partial charge in [0, 0.05) is 26.2 Å². The maximum atomic E-state index is 10.6. The van der Waals surface area contributed by atoms with Gasteiger partial charge in [-0.15, -0.1) is 0 Å². The van der Waals surface area contributed by atoms with Crippen LogP contribution >= 0.6 is 0 Å². The average Bonchev–Trinajstić information content (AvgIpc) is 2.25. The van der Waals surface area contributed by atoms with Crippen molar-refractivity contribution in [3.05, 3.63) is 27.9 Å². The van der Waals surface area contributed by atoms with E-state index < -0.39 is 4.92 Å². The van der Waals surface area contributed by atoms with Gasteiger partial charge >= 0.3 is 0 Å². The molecule has 1 N–H and O–H groups in total. The van der Waals surface area contributed by atoms with Crippen molar-refractivity contribution in [3.8, 4) is 6.07 Å². The van der Waals surface area contributed by atoms with E-state index in [0.29, 0.717) is 5.82 Å². The van der Waals surface area contributed by atoms with Gasteiger partial charge in [-0.25, -0.2) is 4.98 Å². The van der Waals surface area contributed by atoms with Crippen molar-refractivity contribution in [3.63, 3.8) is 0 Å². The zero-order valence-corrected chi connectivity index (χ0v) is 9.25. The van der Waals surface area contributed by atoms with Crippen molar-refractivity contribution in [2.75, 3.05) is 25.0 Å². The third kappa shape index (κ3) is 2.03. The van der Waals surface area contributed by atoms with Crippen LogP contribution in [-0.4, -0.2) is 36.1 Å². The Kier molecular flexibility index (Phi) is 2.89. The lowest BCUT2D eigenvalue weighted by Crippen LogP contribution is -2.56. The van der Waals surface area contributed by atoms with E-state index in [1.807, 2.05) is 18.0 Å². The van der Waals surface area contributed by atoms with Gasteiger partial charge in [-0.2, -0.15) is 5.26 Å². The van der Waals surface area contributed by atoms with E-state index in [0.717, 1.165) is 13.1 Å². The van der Waals surface area contributed by atoms with Crippen molar-refractivity contribution < 1.29 is 4.92 Å². The number of nitrogens with one attached hydrogen (secondary N) is 1. The van der Waals surface area contributed by atoms with Gasteiger partial charge in [0.25, 0.3) is 5.69 Å². The molecule has 88 valence electrons. The molecule has 0 spiro atoms. The van der Waals surface area contributed by atoms with Crippen molar-refractivity contribution in [1.82, 2.24) is 10.3 Å². The second kappa shape index (κ2) is 4.35. The molecule has 1 aromatic heterocycles. The lowest BCUT2D eigenvalue weighted by Gasteiger charge is -2.36. The van der Waals surface area contributed by atoms with Crippen LogP contribution in [0.5, 0.6) is 0 Å². The maximum absolute atomic E-state index is 10.6. The number of hydrogen-bond acceptors (Lipinski definition) is 6. The minimum Gasteiger partial charge on any atom is -0.353 e. The maximum Gasteiger partial charge on any atom is 0.289 e. The van der Waals surface area contributed by atoms with Crippen LogP contribution in [-0.2, 0) is 0 Å². The molecule has 7 heteroatoms. The molecule has 1 saturated heterocycles. The van der Waals surface area contributed by atoms with Crippen molar-refractivity contribution in [2.24, 2.45) is 0 Å². The molecular formula is C10H11N5O2. The molecule has 0 radical (unpaired) electrons. The molecule has 1 aliphatic heterocycles. The molecule has 17 heavy (non-hydrogen) atoms. The summed E-state index contributed by atoms with van der Waals surface area (Å²) < 4.78 is 0. The first-order valence-electron chi connectivity index (χ1n) is 5.11. The number of hydrogen-bond donors (Lipinski definition) is 1. The number of pyridine rings is 1. The van der Waals surface area contributed by atoms with Gasteiger partial charge < -0.3 is 10.2 Å². The molecule has 1 aliphatic rings. The predicted octanol–water partition coefficient (Wildman–Crippen LogP) is 0.269. The Morgan fingerprint density at radius 3 is 2.88 bits per heavy atom. The van der Waals surface area contributed by atoms with Gasteiger partial charge in [0.05, 0.1) is 11.0 Å². The monoisotopic (exact) mass is 233 g/mol. The lowest BCUT2D eigenvalue weighted by atomic mass is 10.1. The minimum absolute atomic E-state index is 0.162. The molecule has 1 fully saturated rings. The normalized spacial score (nSPS) is 14.8. The van der Waals surface area contributed by atoms with Gasteiger partial charge in [-0.1, -0.05) is 0 Å². The molecule has 0 atom stereocenters. The number of likely N-dealkylation sites (N-methyl/N-ethyl adjacent to an activating group) is 1. The van der Waals surface area contributed by atoms with Gasteiger partial charge in [0.1, 0.15) is 23.6 Å². The van der Waals surface area contributed by atoms with Gasteiger partial charge in [-0.05, 0) is 0 Å². The van der Waals surface area contributed by atoms with Crippen LogP contribution in [0.4, 0.5) is 11.5 Å². The zero-order valence-electron chi connectivity index (χ0n) is 9.25. The van der Waals surface area contributed by atoms with E-state index in [1.54, 1.807) is 0 Å². The van der Waals surface area contributed by atoms with E-state index in [1.165, 1.54) is 12.3 Å². The van der Waals surface area contributed by atoms with Crippen LogP contribution in [0.25, 0.3) is 0 Å². The number of rotatable bonds is 3. The highest BCUT2D eigenvalue weighted by atomic mass is 16.6. The second-order valence-corrected chi connectivity index (χ2v) is 3.86. The molecule has 0 aromatic carbocycles. The summed E-state index contributed by atoms with van der Waals surface area (Å²) in [4.78, 5) is 15.9. The fourth-order valence-electron chi connectivity index (χ4n) is 1.63. The molecule has 0 bridgehead atoms.